The lowest BCUT2D eigenvalue weighted by Gasteiger charge is -2.13. The lowest BCUT2D eigenvalue weighted by atomic mass is 10.1. The van der Waals surface area contributed by atoms with Crippen LogP contribution in [0, 0.1) is 20.8 Å². The van der Waals surface area contributed by atoms with E-state index in [2.05, 4.69) is 43.2 Å². The monoisotopic (exact) mass is 350 g/mol. The zero-order valence-corrected chi connectivity index (χ0v) is 13.6. The van der Waals surface area contributed by atoms with Crippen molar-refractivity contribution >= 4 is 46.6 Å². The molecule has 0 aliphatic carbocycles. The molecule has 1 aromatic carbocycles. The predicted octanol–water partition coefficient (Wildman–Crippen LogP) is 3.99. The van der Waals surface area contributed by atoms with Crippen molar-refractivity contribution in [3.8, 4) is 0 Å². The molecule has 1 aromatic rings. The average Bonchev–Trinajstić information content (AvgIpc) is 2.17. The third kappa shape index (κ3) is 3.97. The fraction of sp³-hybridized carbons (Fsp3) is 0.417. The Kier molecular flexibility index (Phi) is 7.06. The molecule has 0 aromatic heterocycles. The van der Waals surface area contributed by atoms with Crippen LogP contribution >= 0.6 is 35.7 Å². The molecule has 0 saturated carbocycles. The van der Waals surface area contributed by atoms with E-state index in [1.165, 1.54) is 22.4 Å². The first-order valence-electron chi connectivity index (χ1n) is 4.94. The van der Waals surface area contributed by atoms with Gasteiger partial charge in [-0.05, 0) is 38.2 Å². The lowest BCUT2D eigenvalue weighted by molar-refractivity contribution is 1.31. The molecule has 0 amide bonds. The first-order chi connectivity index (χ1) is 7.08. The summed E-state index contributed by atoms with van der Waals surface area (Å²) in [5.74, 6) is 0. The van der Waals surface area contributed by atoms with Gasteiger partial charge in [-0.2, -0.15) is 0 Å². The SMILES string of the molecule is CN=C(Nc1c(C)cc(C)cc1C)SC.I. The van der Waals surface area contributed by atoms with Gasteiger partial charge < -0.3 is 5.32 Å². The Morgan fingerprint density at radius 3 is 2.06 bits per heavy atom. The quantitative estimate of drug-likeness (QED) is 0.471. The summed E-state index contributed by atoms with van der Waals surface area (Å²) in [5, 5.41) is 4.30. The van der Waals surface area contributed by atoms with E-state index in [4.69, 9.17) is 0 Å². The third-order valence-electron chi connectivity index (χ3n) is 2.31. The van der Waals surface area contributed by atoms with E-state index in [9.17, 15) is 0 Å². The topological polar surface area (TPSA) is 24.4 Å². The van der Waals surface area contributed by atoms with E-state index in [0.29, 0.717) is 0 Å². The van der Waals surface area contributed by atoms with Crippen LogP contribution in [0.3, 0.4) is 0 Å². The van der Waals surface area contributed by atoms with Crippen LogP contribution < -0.4 is 5.32 Å². The molecule has 0 aliphatic heterocycles. The van der Waals surface area contributed by atoms with Crippen LogP contribution in [-0.2, 0) is 0 Å². The molecule has 0 bridgehead atoms. The Balaban J connectivity index is 0.00000225. The number of amidine groups is 1. The van der Waals surface area contributed by atoms with Crippen LogP contribution in [0.15, 0.2) is 17.1 Å². The number of nitrogens with one attached hydrogen (secondary N) is 1. The summed E-state index contributed by atoms with van der Waals surface area (Å²) in [6, 6.07) is 4.37. The minimum atomic E-state index is 0. The number of rotatable bonds is 1. The van der Waals surface area contributed by atoms with Crippen molar-refractivity contribution in [1.82, 2.24) is 0 Å². The maximum atomic E-state index is 4.17. The van der Waals surface area contributed by atoms with Crippen molar-refractivity contribution in [2.75, 3.05) is 18.6 Å². The van der Waals surface area contributed by atoms with Crippen LogP contribution in [-0.4, -0.2) is 18.5 Å². The summed E-state index contributed by atoms with van der Waals surface area (Å²) in [6.07, 6.45) is 2.02. The second kappa shape index (κ2) is 7.17. The normalized spacial score (nSPS) is 10.9. The van der Waals surface area contributed by atoms with Gasteiger partial charge in [0.2, 0.25) is 0 Å². The van der Waals surface area contributed by atoms with Gasteiger partial charge in [-0.3, -0.25) is 4.99 Å². The van der Waals surface area contributed by atoms with E-state index < -0.39 is 0 Å². The Morgan fingerprint density at radius 1 is 1.19 bits per heavy atom. The van der Waals surface area contributed by atoms with Gasteiger partial charge in [0.25, 0.3) is 0 Å². The summed E-state index contributed by atoms with van der Waals surface area (Å²) >= 11 is 1.63. The molecular weight excluding hydrogens is 331 g/mol. The number of anilines is 1. The van der Waals surface area contributed by atoms with Crippen molar-refractivity contribution in [2.24, 2.45) is 4.99 Å². The maximum absolute atomic E-state index is 4.17. The molecule has 0 fully saturated rings. The Morgan fingerprint density at radius 2 is 1.69 bits per heavy atom. The summed E-state index contributed by atoms with van der Waals surface area (Å²) in [7, 11) is 1.80. The van der Waals surface area contributed by atoms with Crippen LogP contribution in [0.2, 0.25) is 0 Å². The summed E-state index contributed by atoms with van der Waals surface area (Å²) < 4.78 is 0. The molecule has 90 valence electrons. The van der Waals surface area contributed by atoms with Crippen LogP contribution in [0.5, 0.6) is 0 Å². The smallest absolute Gasteiger partial charge is 0.160 e. The van der Waals surface area contributed by atoms with Crippen molar-refractivity contribution in [3.63, 3.8) is 0 Å². The number of hydrogen-bond acceptors (Lipinski definition) is 2. The van der Waals surface area contributed by atoms with Crippen LogP contribution in [0.1, 0.15) is 16.7 Å². The van der Waals surface area contributed by atoms with E-state index in [-0.39, 0.29) is 24.0 Å². The van der Waals surface area contributed by atoms with Gasteiger partial charge in [0.1, 0.15) is 0 Å². The van der Waals surface area contributed by atoms with Gasteiger partial charge in [-0.15, -0.1) is 24.0 Å². The van der Waals surface area contributed by atoms with Crippen LogP contribution in [0.25, 0.3) is 0 Å². The number of halogens is 1. The number of aryl methyl sites for hydroxylation is 3. The Labute approximate surface area is 119 Å². The number of thioether (sulfide) groups is 1. The summed E-state index contributed by atoms with van der Waals surface area (Å²) in [5.41, 5.74) is 5.01. The van der Waals surface area contributed by atoms with Crippen molar-refractivity contribution in [2.45, 2.75) is 20.8 Å². The Bertz CT molecular complexity index is 366. The molecule has 0 saturated heterocycles. The Hall–Kier alpha value is -0.230. The highest BCUT2D eigenvalue weighted by Crippen LogP contribution is 2.22. The second-order valence-electron chi connectivity index (χ2n) is 3.63. The molecule has 1 N–H and O–H groups in total. The molecular formula is C12H19IN2S. The molecule has 1 rings (SSSR count). The molecule has 0 atom stereocenters. The number of benzene rings is 1. The highest BCUT2D eigenvalue weighted by Gasteiger charge is 2.05. The second-order valence-corrected chi connectivity index (χ2v) is 4.43. The largest absolute Gasteiger partial charge is 0.335 e. The van der Waals surface area contributed by atoms with Crippen LogP contribution in [0.4, 0.5) is 5.69 Å². The molecule has 0 aliphatic rings. The highest BCUT2D eigenvalue weighted by molar-refractivity contribution is 14.0. The van der Waals surface area contributed by atoms with Gasteiger partial charge in [0.15, 0.2) is 5.17 Å². The van der Waals surface area contributed by atoms with Gasteiger partial charge >= 0.3 is 0 Å². The minimum Gasteiger partial charge on any atom is -0.335 e. The number of hydrogen-bond donors (Lipinski definition) is 1. The fourth-order valence-corrected chi connectivity index (χ4v) is 2.07. The van der Waals surface area contributed by atoms with Crippen molar-refractivity contribution in [3.05, 3.63) is 28.8 Å². The van der Waals surface area contributed by atoms with E-state index in [1.54, 1.807) is 18.8 Å². The molecule has 4 heteroatoms. The zero-order chi connectivity index (χ0) is 11.4. The van der Waals surface area contributed by atoms with Gasteiger partial charge in [-0.1, -0.05) is 29.5 Å². The van der Waals surface area contributed by atoms with Crippen molar-refractivity contribution in [1.29, 1.82) is 0 Å². The molecule has 0 heterocycles. The minimum absolute atomic E-state index is 0. The molecule has 2 nitrogen and oxygen atoms in total. The van der Waals surface area contributed by atoms with E-state index >= 15 is 0 Å². The van der Waals surface area contributed by atoms with Gasteiger partial charge in [0, 0.05) is 12.7 Å². The lowest BCUT2D eigenvalue weighted by Crippen LogP contribution is -2.09. The molecule has 0 unspecified atom stereocenters. The maximum Gasteiger partial charge on any atom is 0.160 e. The number of nitrogens with zero attached hydrogens (tertiary/aromatic N) is 1. The van der Waals surface area contributed by atoms with E-state index in [0.717, 1.165) is 5.17 Å². The average molecular weight is 350 g/mol. The first-order valence-corrected chi connectivity index (χ1v) is 6.16. The molecule has 0 spiro atoms. The zero-order valence-electron chi connectivity index (χ0n) is 10.4. The summed E-state index contributed by atoms with van der Waals surface area (Å²) in [6.45, 7) is 6.36. The first kappa shape index (κ1) is 15.8. The highest BCUT2D eigenvalue weighted by atomic mass is 127. The van der Waals surface area contributed by atoms with E-state index in [1.807, 2.05) is 6.26 Å². The van der Waals surface area contributed by atoms with Gasteiger partial charge in [0.05, 0.1) is 0 Å². The standard InChI is InChI=1S/C12H18N2S.HI/c1-8-6-9(2)11(10(3)7-8)14-12(13-4)15-5;/h6-7H,1-5H3,(H,13,14);1H. The molecule has 0 radical (unpaired) electrons. The molecule has 16 heavy (non-hydrogen) atoms. The number of aliphatic imine (C=N–C) groups is 1. The van der Waals surface area contributed by atoms with Crippen molar-refractivity contribution < 1.29 is 0 Å². The predicted molar refractivity (Wildman–Crippen MR) is 86.6 cm³/mol. The fourth-order valence-electron chi connectivity index (χ4n) is 1.68. The summed E-state index contributed by atoms with van der Waals surface area (Å²) in [4.78, 5) is 4.17. The third-order valence-corrected chi connectivity index (χ3v) is 2.98. The van der Waals surface area contributed by atoms with Gasteiger partial charge in [-0.25, -0.2) is 0 Å².